The fourth-order valence-corrected chi connectivity index (χ4v) is 3.93. The molecular formula is C17H19NO3. The van der Waals surface area contributed by atoms with Gasteiger partial charge in [-0.05, 0) is 55.9 Å². The van der Waals surface area contributed by atoms with Crippen molar-refractivity contribution in [3.63, 3.8) is 0 Å². The van der Waals surface area contributed by atoms with Crippen molar-refractivity contribution in [1.82, 2.24) is 4.90 Å². The summed E-state index contributed by atoms with van der Waals surface area (Å²) in [6.07, 6.45) is 1.52. The molecule has 2 fully saturated rings. The number of likely N-dealkylation sites (tertiary alicyclic amines) is 1. The van der Waals surface area contributed by atoms with Crippen LogP contribution in [0.2, 0.25) is 0 Å². The van der Waals surface area contributed by atoms with Gasteiger partial charge >= 0.3 is 0 Å². The highest BCUT2D eigenvalue weighted by atomic mass is 16.3. The molecule has 2 aromatic rings. The second kappa shape index (κ2) is 4.60. The minimum Gasteiger partial charge on any atom is -0.461 e. The average molecular weight is 285 g/mol. The van der Waals surface area contributed by atoms with Crippen LogP contribution in [0.4, 0.5) is 0 Å². The monoisotopic (exact) mass is 285 g/mol. The number of carbonyl (C=O) groups is 1. The van der Waals surface area contributed by atoms with Crippen molar-refractivity contribution >= 4 is 16.9 Å². The average Bonchev–Trinajstić information content (AvgIpc) is 3.07. The van der Waals surface area contributed by atoms with Crippen LogP contribution in [0.15, 0.2) is 28.7 Å². The van der Waals surface area contributed by atoms with Crippen LogP contribution < -0.4 is 0 Å². The molecule has 1 saturated carbocycles. The number of nitrogens with zero attached hydrogens (tertiary/aromatic N) is 1. The number of hydrogen-bond donors (Lipinski definition) is 1. The summed E-state index contributed by atoms with van der Waals surface area (Å²) in [7, 11) is 0. The largest absolute Gasteiger partial charge is 0.461 e. The summed E-state index contributed by atoms with van der Waals surface area (Å²) in [5.74, 6) is 1.91. The zero-order valence-electron chi connectivity index (χ0n) is 12.1. The van der Waals surface area contributed by atoms with Crippen LogP contribution in [-0.2, 0) is 0 Å². The summed E-state index contributed by atoms with van der Waals surface area (Å²) < 4.78 is 5.55. The van der Waals surface area contributed by atoms with Gasteiger partial charge in [0.15, 0.2) is 0 Å². The molecule has 1 unspecified atom stereocenters. The highest BCUT2D eigenvalue weighted by Crippen LogP contribution is 2.38. The topological polar surface area (TPSA) is 53.7 Å². The van der Waals surface area contributed by atoms with E-state index in [0.717, 1.165) is 48.2 Å². The third-order valence-electron chi connectivity index (χ3n) is 4.90. The molecule has 4 heteroatoms. The van der Waals surface area contributed by atoms with Crippen molar-refractivity contribution < 1.29 is 14.3 Å². The molecular weight excluding hydrogens is 266 g/mol. The lowest BCUT2D eigenvalue weighted by Gasteiger charge is -2.18. The molecule has 1 aliphatic carbocycles. The predicted octanol–water partition coefficient (Wildman–Crippen LogP) is 2.58. The van der Waals surface area contributed by atoms with Crippen molar-refractivity contribution in [2.45, 2.75) is 25.9 Å². The zero-order chi connectivity index (χ0) is 14.6. The maximum Gasteiger partial charge on any atom is 0.253 e. The van der Waals surface area contributed by atoms with Gasteiger partial charge in [0, 0.05) is 24.0 Å². The minimum absolute atomic E-state index is 0.0969. The molecule has 1 aliphatic heterocycles. The number of rotatable bonds is 1. The molecule has 1 amide bonds. The quantitative estimate of drug-likeness (QED) is 0.876. The number of furan rings is 1. The van der Waals surface area contributed by atoms with Crippen LogP contribution in [0, 0.1) is 18.8 Å². The van der Waals surface area contributed by atoms with Crippen LogP contribution in [0.3, 0.4) is 0 Å². The van der Waals surface area contributed by atoms with Crippen molar-refractivity contribution in [3.8, 4) is 0 Å². The highest BCUT2D eigenvalue weighted by molar-refractivity contribution is 5.98. The Kier molecular flexibility index (Phi) is 2.82. The molecule has 1 N–H and O–H groups in total. The fourth-order valence-electron chi connectivity index (χ4n) is 3.93. The van der Waals surface area contributed by atoms with Gasteiger partial charge in [0.1, 0.15) is 11.3 Å². The first-order valence-electron chi connectivity index (χ1n) is 7.57. The molecule has 2 heterocycles. The molecule has 1 aromatic carbocycles. The van der Waals surface area contributed by atoms with E-state index in [1.807, 2.05) is 36.1 Å². The second-order valence-corrected chi connectivity index (χ2v) is 6.47. The van der Waals surface area contributed by atoms with Crippen LogP contribution in [0.25, 0.3) is 11.0 Å². The van der Waals surface area contributed by atoms with Crippen LogP contribution in [0.1, 0.15) is 29.0 Å². The zero-order valence-corrected chi connectivity index (χ0v) is 12.1. The SMILES string of the molecule is Cc1cc2cc(C(=O)N3C[C@H]4CC(O)C[C@H]4C3)ccc2o1. The summed E-state index contributed by atoms with van der Waals surface area (Å²) in [4.78, 5) is 14.6. The van der Waals surface area contributed by atoms with Gasteiger partial charge in [-0.1, -0.05) is 0 Å². The molecule has 4 nitrogen and oxygen atoms in total. The van der Waals surface area contributed by atoms with Gasteiger partial charge in [-0.15, -0.1) is 0 Å². The van der Waals surface area contributed by atoms with Crippen molar-refractivity contribution in [2.75, 3.05) is 13.1 Å². The Morgan fingerprint density at radius 3 is 2.67 bits per heavy atom. The van der Waals surface area contributed by atoms with Crippen LogP contribution in [0.5, 0.6) is 0 Å². The molecule has 0 spiro atoms. The van der Waals surface area contributed by atoms with Crippen molar-refractivity contribution in [3.05, 3.63) is 35.6 Å². The number of carbonyl (C=O) groups excluding carboxylic acids is 1. The van der Waals surface area contributed by atoms with E-state index >= 15 is 0 Å². The normalized spacial score (nSPS) is 28.3. The number of hydrogen-bond acceptors (Lipinski definition) is 3. The predicted molar refractivity (Wildman–Crippen MR) is 79.1 cm³/mol. The summed E-state index contributed by atoms with van der Waals surface area (Å²) in [5.41, 5.74) is 1.55. The first kappa shape index (κ1) is 12.9. The van der Waals surface area contributed by atoms with E-state index in [1.54, 1.807) is 0 Å². The van der Waals surface area contributed by atoms with E-state index in [4.69, 9.17) is 4.42 Å². The number of aliphatic hydroxyl groups is 1. The van der Waals surface area contributed by atoms with E-state index in [9.17, 15) is 9.90 Å². The van der Waals surface area contributed by atoms with E-state index in [2.05, 4.69) is 0 Å². The number of fused-ring (bicyclic) bond motifs is 2. The summed E-state index contributed by atoms with van der Waals surface area (Å²) >= 11 is 0. The Morgan fingerprint density at radius 2 is 1.95 bits per heavy atom. The molecule has 4 rings (SSSR count). The van der Waals surface area contributed by atoms with Gasteiger partial charge in [0.25, 0.3) is 5.91 Å². The molecule has 110 valence electrons. The Balaban J connectivity index is 1.56. The second-order valence-electron chi connectivity index (χ2n) is 6.47. The highest BCUT2D eigenvalue weighted by Gasteiger charge is 2.41. The third kappa shape index (κ3) is 2.14. The molecule has 1 aromatic heterocycles. The molecule has 0 bridgehead atoms. The van der Waals surface area contributed by atoms with E-state index < -0.39 is 0 Å². The van der Waals surface area contributed by atoms with Gasteiger partial charge in [-0.3, -0.25) is 4.79 Å². The van der Waals surface area contributed by atoms with Crippen molar-refractivity contribution in [2.24, 2.45) is 11.8 Å². The maximum atomic E-state index is 12.6. The van der Waals surface area contributed by atoms with Gasteiger partial charge in [0.05, 0.1) is 6.10 Å². The summed E-state index contributed by atoms with van der Waals surface area (Å²) in [6.45, 7) is 3.47. The first-order chi connectivity index (χ1) is 10.1. The lowest BCUT2D eigenvalue weighted by molar-refractivity contribution is 0.0765. The Labute approximate surface area is 123 Å². The van der Waals surface area contributed by atoms with Crippen LogP contribution in [-0.4, -0.2) is 35.1 Å². The summed E-state index contributed by atoms with van der Waals surface area (Å²) in [5, 5.41) is 10.7. The van der Waals surface area contributed by atoms with Gasteiger partial charge in [0.2, 0.25) is 0 Å². The number of amides is 1. The minimum atomic E-state index is -0.164. The molecule has 0 radical (unpaired) electrons. The number of aliphatic hydroxyl groups excluding tert-OH is 1. The number of aryl methyl sites for hydroxylation is 1. The molecule has 2 aliphatic rings. The Morgan fingerprint density at radius 1 is 1.24 bits per heavy atom. The van der Waals surface area contributed by atoms with E-state index in [1.165, 1.54) is 0 Å². The molecule has 3 atom stereocenters. The number of benzene rings is 1. The van der Waals surface area contributed by atoms with Gasteiger partial charge in [-0.25, -0.2) is 0 Å². The molecule has 1 saturated heterocycles. The standard InChI is InChI=1S/C17H19NO3/c1-10-4-12-5-11(2-3-16(12)21-10)17(20)18-8-13-6-15(19)7-14(13)9-18/h2-5,13-15,19H,6-9H2,1H3/t13-,14+,15?. The van der Waals surface area contributed by atoms with E-state index in [0.29, 0.717) is 11.8 Å². The fraction of sp³-hybridized carbons (Fsp3) is 0.471. The lowest BCUT2D eigenvalue weighted by atomic mass is 10.0. The lowest BCUT2D eigenvalue weighted by Crippen LogP contribution is -2.30. The summed E-state index contributed by atoms with van der Waals surface area (Å²) in [6, 6.07) is 7.59. The van der Waals surface area contributed by atoms with Gasteiger partial charge in [-0.2, -0.15) is 0 Å². The third-order valence-corrected chi connectivity index (χ3v) is 4.90. The van der Waals surface area contributed by atoms with E-state index in [-0.39, 0.29) is 12.0 Å². The Bertz CT molecular complexity index is 691. The molecule has 21 heavy (non-hydrogen) atoms. The first-order valence-corrected chi connectivity index (χ1v) is 7.57. The Hall–Kier alpha value is -1.81. The van der Waals surface area contributed by atoms with Crippen molar-refractivity contribution in [1.29, 1.82) is 0 Å². The van der Waals surface area contributed by atoms with Gasteiger partial charge < -0.3 is 14.4 Å². The smallest absolute Gasteiger partial charge is 0.253 e. The van der Waals surface area contributed by atoms with Crippen LogP contribution >= 0.6 is 0 Å². The maximum absolute atomic E-state index is 12.6.